The minimum atomic E-state index is 0.352. The molecule has 2 nitrogen and oxygen atoms in total. The number of rotatable bonds is 1. The van der Waals surface area contributed by atoms with Gasteiger partial charge in [0.05, 0.1) is 5.92 Å². The Hall–Kier alpha value is -0.880. The summed E-state index contributed by atoms with van der Waals surface area (Å²) in [5.74, 6) is 0.482. The van der Waals surface area contributed by atoms with Crippen molar-refractivity contribution in [2.24, 2.45) is 11.3 Å². The summed E-state index contributed by atoms with van der Waals surface area (Å²) in [6.45, 7) is 4.12. The monoisotopic (exact) mass is 162 g/mol. The van der Waals surface area contributed by atoms with Gasteiger partial charge in [-0.25, -0.2) is 0 Å². The van der Waals surface area contributed by atoms with Crippen molar-refractivity contribution >= 4 is 6.21 Å². The van der Waals surface area contributed by atoms with Gasteiger partial charge in [0.15, 0.2) is 0 Å². The van der Waals surface area contributed by atoms with Crippen LogP contribution in [-0.4, -0.2) is 11.0 Å². The lowest BCUT2D eigenvalue weighted by Crippen LogP contribution is -2.13. The van der Waals surface area contributed by atoms with Crippen LogP contribution in [-0.2, 0) is 0 Å². The molecule has 0 saturated heterocycles. The van der Waals surface area contributed by atoms with Crippen LogP contribution in [0, 0.1) is 11.3 Å². The first-order chi connectivity index (χ1) is 5.79. The quantitative estimate of drug-likeness (QED) is 0.246. The van der Waals surface area contributed by atoms with E-state index in [9.17, 15) is 0 Å². The summed E-state index contributed by atoms with van der Waals surface area (Å²) in [6, 6.07) is 0. The minimum absolute atomic E-state index is 0.352. The van der Waals surface area contributed by atoms with E-state index in [1.54, 1.807) is 6.21 Å². The van der Waals surface area contributed by atoms with E-state index in [1.807, 2.05) is 0 Å². The highest BCUT2D eigenvalue weighted by molar-refractivity contribution is 5.63. The van der Waals surface area contributed by atoms with Crippen LogP contribution >= 0.6 is 0 Å². The van der Waals surface area contributed by atoms with E-state index in [1.165, 1.54) is 31.3 Å². The van der Waals surface area contributed by atoms with Crippen molar-refractivity contribution in [3.05, 3.63) is 17.7 Å². The van der Waals surface area contributed by atoms with Crippen LogP contribution in [0.15, 0.2) is 12.2 Å². The molecule has 2 aliphatic rings. The van der Waals surface area contributed by atoms with Gasteiger partial charge in [-0.3, -0.25) is 0 Å². The van der Waals surface area contributed by atoms with Crippen LogP contribution in [0.2, 0.25) is 0 Å². The van der Waals surface area contributed by atoms with Crippen molar-refractivity contribution < 1.29 is 4.79 Å². The molecule has 64 valence electrons. The Bertz CT molecular complexity index is 263. The third kappa shape index (κ3) is 0.953. The molecule has 0 aromatic carbocycles. The topological polar surface area (TPSA) is 36.4 Å². The smallest absolute Gasteiger partial charge is 0.261 e. The Morgan fingerprint density at radius 2 is 2.42 bits per heavy atom. The predicted molar refractivity (Wildman–Crippen MR) is 47.8 cm³/mol. The zero-order valence-corrected chi connectivity index (χ0v) is 7.29. The summed E-state index contributed by atoms with van der Waals surface area (Å²) in [6.07, 6.45) is 7.88. The van der Waals surface area contributed by atoms with Crippen LogP contribution in [0.25, 0.3) is 5.53 Å². The molecule has 2 aliphatic carbocycles. The highest BCUT2D eigenvalue weighted by Gasteiger charge is 2.57. The molecule has 0 aliphatic heterocycles. The second kappa shape index (κ2) is 2.56. The zero-order valence-electron chi connectivity index (χ0n) is 7.29. The van der Waals surface area contributed by atoms with E-state index < -0.39 is 0 Å². The maximum atomic E-state index is 8.42. The van der Waals surface area contributed by atoms with E-state index in [0.717, 1.165) is 6.42 Å². The van der Waals surface area contributed by atoms with Crippen molar-refractivity contribution in [3.8, 4) is 0 Å². The summed E-state index contributed by atoms with van der Waals surface area (Å²) in [7, 11) is 0. The van der Waals surface area contributed by atoms with Gasteiger partial charge in [0.2, 0.25) is 0 Å². The van der Waals surface area contributed by atoms with Gasteiger partial charge in [0, 0.05) is 5.41 Å². The van der Waals surface area contributed by atoms with Crippen molar-refractivity contribution in [2.45, 2.75) is 32.1 Å². The van der Waals surface area contributed by atoms with Gasteiger partial charge in [0.1, 0.15) is 0 Å². The lowest BCUT2D eigenvalue weighted by atomic mass is 9.81. The van der Waals surface area contributed by atoms with Crippen molar-refractivity contribution in [1.29, 1.82) is 0 Å². The Labute approximate surface area is 72.9 Å². The number of hydrogen-bond donors (Lipinski definition) is 0. The molecule has 2 rings (SSSR count). The van der Waals surface area contributed by atoms with Gasteiger partial charge in [-0.15, -0.1) is 0 Å². The zero-order chi connectivity index (χ0) is 8.60. The molecule has 0 N–H and O–H groups in total. The number of hydrogen-bond acceptors (Lipinski definition) is 0. The summed E-state index contributed by atoms with van der Waals surface area (Å²) < 4.78 is 0. The normalized spacial score (nSPS) is 39.3. The van der Waals surface area contributed by atoms with Crippen molar-refractivity contribution in [3.63, 3.8) is 0 Å². The van der Waals surface area contributed by atoms with Gasteiger partial charge in [-0.1, -0.05) is 18.6 Å². The van der Waals surface area contributed by atoms with E-state index in [2.05, 4.69) is 11.4 Å². The second-order valence-corrected chi connectivity index (χ2v) is 4.04. The molecule has 2 heteroatoms. The molecule has 0 bridgehead atoms. The van der Waals surface area contributed by atoms with Gasteiger partial charge in [0.25, 0.3) is 6.21 Å². The maximum absolute atomic E-state index is 8.42. The third-order valence-electron chi connectivity index (χ3n) is 3.44. The molecule has 0 heterocycles. The number of nitrogens with zero attached hydrogens (tertiary/aromatic N) is 2. The molecule has 12 heavy (non-hydrogen) atoms. The van der Waals surface area contributed by atoms with Gasteiger partial charge < -0.3 is 5.53 Å². The standard InChI is InChI=1S/C10H14N2/c1-8-4-2-3-5-10(8)6-9(10)7-12-11/h7,9H,1-6H2/t9-,10+/m1/s1. The fraction of sp³-hybridized carbons (Fsp3) is 0.700. The average molecular weight is 162 g/mol. The summed E-state index contributed by atoms with van der Waals surface area (Å²) in [4.78, 5) is 3.12. The van der Waals surface area contributed by atoms with Crippen molar-refractivity contribution in [1.82, 2.24) is 0 Å². The Balaban J connectivity index is 2.12. The maximum Gasteiger partial charge on any atom is 0.261 e. The van der Waals surface area contributed by atoms with E-state index in [-0.39, 0.29) is 0 Å². The molecule has 2 fully saturated rings. The largest absolute Gasteiger partial charge is 0.362 e. The summed E-state index contributed by atoms with van der Waals surface area (Å²) >= 11 is 0. The van der Waals surface area contributed by atoms with Crippen molar-refractivity contribution in [2.75, 3.05) is 0 Å². The highest BCUT2D eigenvalue weighted by atomic mass is 14.8. The lowest BCUT2D eigenvalue weighted by Gasteiger charge is -2.23. The van der Waals surface area contributed by atoms with Crippen LogP contribution < -0.4 is 0 Å². The molecule has 2 saturated carbocycles. The molecule has 0 radical (unpaired) electrons. The Morgan fingerprint density at radius 3 is 3.08 bits per heavy atom. The molecule has 0 unspecified atom stereocenters. The van der Waals surface area contributed by atoms with Crippen LogP contribution in [0.1, 0.15) is 32.1 Å². The highest BCUT2D eigenvalue weighted by Crippen LogP contribution is 2.62. The molecular formula is C10H14N2. The van der Waals surface area contributed by atoms with Crippen LogP contribution in [0.4, 0.5) is 0 Å². The SMILES string of the molecule is C=C1CCCC[C@]12C[C@@H]2C=[N+]=[N-]. The molecule has 0 aromatic heterocycles. The average Bonchev–Trinajstić information content (AvgIpc) is 2.73. The third-order valence-corrected chi connectivity index (χ3v) is 3.44. The van der Waals surface area contributed by atoms with E-state index >= 15 is 0 Å². The second-order valence-electron chi connectivity index (χ2n) is 4.04. The Morgan fingerprint density at radius 1 is 1.58 bits per heavy atom. The summed E-state index contributed by atoms with van der Waals surface area (Å²) in [5.41, 5.74) is 10.2. The summed E-state index contributed by atoms with van der Waals surface area (Å²) in [5, 5.41) is 0. The fourth-order valence-corrected chi connectivity index (χ4v) is 2.51. The Kier molecular flexibility index (Phi) is 1.66. The van der Waals surface area contributed by atoms with Crippen LogP contribution in [0.3, 0.4) is 0 Å². The first-order valence-electron chi connectivity index (χ1n) is 4.65. The first-order valence-corrected chi connectivity index (χ1v) is 4.65. The van der Waals surface area contributed by atoms with Gasteiger partial charge >= 0.3 is 0 Å². The van der Waals surface area contributed by atoms with E-state index in [0.29, 0.717) is 11.3 Å². The van der Waals surface area contributed by atoms with Gasteiger partial charge in [-0.05, 0) is 25.7 Å². The number of allylic oxidation sites excluding steroid dienone is 1. The van der Waals surface area contributed by atoms with Gasteiger partial charge in [-0.2, -0.15) is 4.79 Å². The lowest BCUT2D eigenvalue weighted by molar-refractivity contribution is -0.00116. The molecule has 1 spiro atoms. The van der Waals surface area contributed by atoms with Crippen LogP contribution in [0.5, 0.6) is 0 Å². The molecule has 0 amide bonds. The molecule has 2 atom stereocenters. The molecule has 0 aromatic rings. The first kappa shape index (κ1) is 7.75. The van der Waals surface area contributed by atoms with E-state index in [4.69, 9.17) is 5.53 Å². The molecular weight excluding hydrogens is 148 g/mol. The predicted octanol–water partition coefficient (Wildman–Crippen LogP) is 2.42. The fourth-order valence-electron chi connectivity index (χ4n) is 2.51. The minimum Gasteiger partial charge on any atom is -0.362 e.